The third-order valence-corrected chi connectivity index (χ3v) is 6.30. The predicted octanol–water partition coefficient (Wildman–Crippen LogP) is 2.53. The van der Waals surface area contributed by atoms with Gasteiger partial charge < -0.3 is 25.2 Å². The fraction of sp³-hybridized carbons (Fsp3) is 0.619. The van der Waals surface area contributed by atoms with Crippen LogP contribution in [0.2, 0.25) is 0 Å². The van der Waals surface area contributed by atoms with E-state index in [0.717, 1.165) is 38.4 Å². The van der Waals surface area contributed by atoms with Crippen LogP contribution in [-0.4, -0.2) is 74.3 Å². The van der Waals surface area contributed by atoms with E-state index < -0.39 is 0 Å². The van der Waals surface area contributed by atoms with Gasteiger partial charge in [-0.1, -0.05) is 12.1 Å². The van der Waals surface area contributed by atoms with Crippen LogP contribution in [0.5, 0.6) is 0 Å². The molecule has 0 unspecified atom stereocenters. The van der Waals surface area contributed by atoms with E-state index in [0.29, 0.717) is 25.7 Å². The summed E-state index contributed by atoms with van der Waals surface area (Å²) < 4.78 is 5.08. The minimum Gasteiger partial charge on any atom is -0.450 e. The molecule has 29 heavy (non-hydrogen) atoms. The lowest BCUT2D eigenvalue weighted by atomic mass is 10.1. The minimum atomic E-state index is -0.208. The molecule has 2 fully saturated rings. The fourth-order valence-electron chi connectivity index (χ4n) is 3.64. The highest BCUT2D eigenvalue weighted by molar-refractivity contribution is 7.99. The van der Waals surface area contributed by atoms with Gasteiger partial charge in [0.15, 0.2) is 5.96 Å². The molecule has 7 nitrogen and oxygen atoms in total. The van der Waals surface area contributed by atoms with E-state index in [1.807, 2.05) is 18.7 Å². The molecule has 0 bridgehead atoms. The normalized spacial score (nSPS) is 18.5. The summed E-state index contributed by atoms with van der Waals surface area (Å²) in [6.07, 6.45) is 1.57. The number of carbonyl (C=O) groups is 1. The minimum absolute atomic E-state index is 0.208. The second kappa shape index (κ2) is 11.2. The van der Waals surface area contributed by atoms with Crippen LogP contribution in [0.1, 0.15) is 25.3 Å². The van der Waals surface area contributed by atoms with Gasteiger partial charge in [-0.25, -0.2) is 4.79 Å². The Hall–Kier alpha value is -2.09. The summed E-state index contributed by atoms with van der Waals surface area (Å²) >= 11 is 2.03. The van der Waals surface area contributed by atoms with Crippen LogP contribution in [0.25, 0.3) is 0 Å². The molecular formula is C21H33N5O2S. The van der Waals surface area contributed by atoms with Crippen LogP contribution >= 0.6 is 11.8 Å². The average Bonchev–Trinajstić information content (AvgIpc) is 2.78. The second-order valence-corrected chi connectivity index (χ2v) is 8.52. The first kappa shape index (κ1) is 21.6. The van der Waals surface area contributed by atoms with E-state index in [1.165, 1.54) is 22.8 Å². The number of nitrogens with one attached hydrogen (secondary N) is 2. The van der Waals surface area contributed by atoms with E-state index in [9.17, 15) is 4.79 Å². The number of hydrogen-bond donors (Lipinski definition) is 2. The molecule has 2 aliphatic heterocycles. The fourth-order valence-corrected chi connectivity index (χ4v) is 4.54. The Balaban J connectivity index is 1.42. The monoisotopic (exact) mass is 419 g/mol. The van der Waals surface area contributed by atoms with Gasteiger partial charge in [0.25, 0.3) is 0 Å². The molecular weight excluding hydrogens is 386 g/mol. The highest BCUT2D eigenvalue weighted by Crippen LogP contribution is 2.20. The molecule has 160 valence electrons. The first-order chi connectivity index (χ1) is 14.2. The number of carbonyl (C=O) groups excluding carboxylic acids is 1. The van der Waals surface area contributed by atoms with Gasteiger partial charge in [0.05, 0.1) is 6.61 Å². The maximum absolute atomic E-state index is 11.8. The summed E-state index contributed by atoms with van der Waals surface area (Å²) in [5, 5.41) is 6.88. The van der Waals surface area contributed by atoms with Crippen molar-refractivity contribution in [2.75, 3.05) is 56.2 Å². The van der Waals surface area contributed by atoms with Crippen molar-refractivity contribution in [3.63, 3.8) is 0 Å². The van der Waals surface area contributed by atoms with Crippen LogP contribution in [0.15, 0.2) is 29.3 Å². The number of rotatable bonds is 5. The zero-order valence-corrected chi connectivity index (χ0v) is 18.3. The maximum atomic E-state index is 11.8. The van der Waals surface area contributed by atoms with E-state index in [-0.39, 0.29) is 6.09 Å². The number of anilines is 1. The number of nitrogens with zero attached hydrogens (tertiary/aromatic N) is 3. The number of piperidine rings is 1. The Bertz CT molecular complexity index is 668. The van der Waals surface area contributed by atoms with Gasteiger partial charge in [-0.15, -0.1) is 0 Å². The summed E-state index contributed by atoms with van der Waals surface area (Å²) in [6, 6.07) is 9.12. The van der Waals surface area contributed by atoms with Gasteiger partial charge in [0.1, 0.15) is 0 Å². The molecule has 2 saturated heterocycles. The summed E-state index contributed by atoms with van der Waals surface area (Å²) in [5.74, 6) is 3.23. The summed E-state index contributed by atoms with van der Waals surface area (Å²) in [7, 11) is 1.79. The number of guanidine groups is 1. The van der Waals surface area contributed by atoms with Gasteiger partial charge >= 0.3 is 6.09 Å². The number of likely N-dealkylation sites (tertiary alicyclic amines) is 1. The molecule has 1 aromatic rings. The molecule has 0 aromatic heterocycles. The van der Waals surface area contributed by atoms with Crippen molar-refractivity contribution < 1.29 is 9.53 Å². The van der Waals surface area contributed by atoms with Crippen molar-refractivity contribution in [3.05, 3.63) is 29.8 Å². The molecule has 0 saturated carbocycles. The Morgan fingerprint density at radius 1 is 1.17 bits per heavy atom. The number of amides is 1. The van der Waals surface area contributed by atoms with Crippen molar-refractivity contribution in [2.24, 2.45) is 4.99 Å². The highest BCUT2D eigenvalue weighted by atomic mass is 32.2. The lowest BCUT2D eigenvalue weighted by Crippen LogP contribution is -2.49. The van der Waals surface area contributed by atoms with E-state index in [1.54, 1.807) is 11.9 Å². The molecule has 2 aliphatic rings. The number of benzene rings is 1. The molecule has 2 N–H and O–H groups in total. The lowest BCUT2D eigenvalue weighted by molar-refractivity contribution is 0.0963. The summed E-state index contributed by atoms with van der Waals surface area (Å²) in [5.41, 5.74) is 2.55. The van der Waals surface area contributed by atoms with E-state index >= 15 is 0 Å². The molecule has 8 heteroatoms. The smallest absolute Gasteiger partial charge is 0.409 e. The van der Waals surface area contributed by atoms with Crippen molar-refractivity contribution in [2.45, 2.75) is 32.4 Å². The second-order valence-electron chi connectivity index (χ2n) is 7.30. The van der Waals surface area contributed by atoms with Crippen molar-refractivity contribution in [1.82, 2.24) is 15.5 Å². The lowest BCUT2D eigenvalue weighted by Gasteiger charge is -2.32. The van der Waals surface area contributed by atoms with Crippen LogP contribution in [-0.2, 0) is 11.3 Å². The van der Waals surface area contributed by atoms with Crippen LogP contribution in [0.4, 0.5) is 10.5 Å². The molecule has 0 aliphatic carbocycles. The predicted molar refractivity (Wildman–Crippen MR) is 121 cm³/mol. The zero-order valence-electron chi connectivity index (χ0n) is 17.5. The van der Waals surface area contributed by atoms with Gasteiger partial charge in [-0.3, -0.25) is 4.99 Å². The Morgan fingerprint density at radius 3 is 2.48 bits per heavy atom. The van der Waals surface area contributed by atoms with E-state index in [4.69, 9.17) is 4.74 Å². The molecule has 3 rings (SSSR count). The molecule has 0 atom stereocenters. The van der Waals surface area contributed by atoms with Gasteiger partial charge in [0.2, 0.25) is 0 Å². The van der Waals surface area contributed by atoms with Gasteiger partial charge in [0, 0.05) is 63.0 Å². The zero-order chi connectivity index (χ0) is 20.5. The Kier molecular flexibility index (Phi) is 8.34. The molecule has 0 spiro atoms. The van der Waals surface area contributed by atoms with Crippen LogP contribution in [0, 0.1) is 0 Å². The molecule has 1 aromatic carbocycles. The third kappa shape index (κ3) is 6.45. The number of hydrogen-bond acceptors (Lipinski definition) is 5. The van der Waals surface area contributed by atoms with Crippen LogP contribution in [0.3, 0.4) is 0 Å². The number of thioether (sulfide) groups is 1. The number of aliphatic imine (C=N–C) groups is 1. The standard InChI is InChI=1S/C21H33N5O2S/c1-3-28-21(27)26-10-8-18(9-11-26)24-20(22-2)23-16-17-4-6-19(7-5-17)25-12-14-29-15-13-25/h4-7,18H,3,8-16H2,1-2H3,(H2,22,23,24). The van der Waals surface area contributed by atoms with Crippen molar-refractivity contribution in [3.8, 4) is 0 Å². The van der Waals surface area contributed by atoms with Crippen molar-refractivity contribution in [1.29, 1.82) is 0 Å². The molecule has 1 amide bonds. The van der Waals surface area contributed by atoms with Gasteiger partial charge in [-0.2, -0.15) is 11.8 Å². The van der Waals surface area contributed by atoms with Gasteiger partial charge in [-0.05, 0) is 37.5 Å². The molecule has 0 radical (unpaired) electrons. The maximum Gasteiger partial charge on any atom is 0.409 e. The summed E-state index contributed by atoms with van der Waals surface area (Å²) in [6.45, 7) is 6.68. The Morgan fingerprint density at radius 2 is 1.86 bits per heavy atom. The quantitative estimate of drug-likeness (QED) is 0.565. The first-order valence-corrected chi connectivity index (χ1v) is 11.7. The van der Waals surface area contributed by atoms with Crippen LogP contribution < -0.4 is 15.5 Å². The Labute approximate surface area is 178 Å². The van der Waals surface area contributed by atoms with Crippen molar-refractivity contribution >= 4 is 29.5 Å². The average molecular weight is 420 g/mol. The topological polar surface area (TPSA) is 69.2 Å². The first-order valence-electron chi connectivity index (χ1n) is 10.5. The molecule has 2 heterocycles. The largest absolute Gasteiger partial charge is 0.450 e. The number of ether oxygens (including phenoxy) is 1. The third-order valence-electron chi connectivity index (χ3n) is 5.36. The highest BCUT2D eigenvalue weighted by Gasteiger charge is 2.24. The summed E-state index contributed by atoms with van der Waals surface area (Å²) in [4.78, 5) is 20.4. The SMILES string of the molecule is CCOC(=O)N1CCC(NC(=NC)NCc2ccc(N3CCSCC3)cc2)CC1. The van der Waals surface area contributed by atoms with E-state index in [2.05, 4.69) is 44.8 Å².